The fourth-order valence-corrected chi connectivity index (χ4v) is 3.09. The van der Waals surface area contributed by atoms with Gasteiger partial charge in [0.05, 0.1) is 7.11 Å². The lowest BCUT2D eigenvalue weighted by molar-refractivity contribution is -0.492. The molecule has 112 valence electrons. The Labute approximate surface area is 119 Å². The monoisotopic (exact) mass is 281 g/mol. The number of ether oxygens (including phenoxy) is 1. The number of nitrogens with zero attached hydrogens (tertiary/aromatic N) is 1. The summed E-state index contributed by atoms with van der Waals surface area (Å²) in [4.78, 5) is 21.6. The summed E-state index contributed by atoms with van der Waals surface area (Å²) in [5, 5.41) is 10.8. The molecule has 1 aliphatic carbocycles. The minimum absolute atomic E-state index is 0.00668. The first-order valence-corrected chi connectivity index (χ1v) is 7.04. The summed E-state index contributed by atoms with van der Waals surface area (Å²) < 4.78 is 4.53. The number of hydrogen-bond donors (Lipinski definition) is 0. The van der Waals surface area contributed by atoms with E-state index in [-0.39, 0.29) is 28.8 Å². The first-order chi connectivity index (χ1) is 9.54. The molecule has 0 amide bonds. The zero-order valence-corrected chi connectivity index (χ0v) is 12.0. The summed E-state index contributed by atoms with van der Waals surface area (Å²) in [6, 6.07) is 0. The standard InChI is InChI=1S/C15H23NO4/c1-3-15(11-7-5-9-14(17)20-2)10-6-4-8-13(15)12-16(18)19/h3,5,9,13H,1,4,6-8,10-12H2,2H3/b9-5+. The summed E-state index contributed by atoms with van der Waals surface area (Å²) in [7, 11) is 1.34. The van der Waals surface area contributed by atoms with E-state index < -0.39 is 0 Å². The van der Waals surface area contributed by atoms with Crippen molar-refractivity contribution in [2.24, 2.45) is 11.3 Å². The molecule has 0 heterocycles. The highest BCUT2D eigenvalue weighted by atomic mass is 16.6. The molecule has 2 atom stereocenters. The molecule has 5 nitrogen and oxygen atoms in total. The van der Waals surface area contributed by atoms with Crippen LogP contribution < -0.4 is 0 Å². The predicted octanol–water partition coefficient (Wildman–Crippen LogP) is 3.14. The summed E-state index contributed by atoms with van der Waals surface area (Å²) in [5.41, 5.74) is -0.175. The number of carbonyl (C=O) groups excluding carboxylic acids is 1. The molecule has 1 saturated carbocycles. The summed E-state index contributed by atoms with van der Waals surface area (Å²) in [6.07, 6.45) is 10.5. The summed E-state index contributed by atoms with van der Waals surface area (Å²) in [6.45, 7) is 3.91. The third-order valence-corrected chi connectivity index (χ3v) is 4.27. The Kier molecular flexibility index (Phi) is 6.42. The van der Waals surface area contributed by atoms with Gasteiger partial charge in [-0.2, -0.15) is 0 Å². The van der Waals surface area contributed by atoms with Gasteiger partial charge in [0.1, 0.15) is 0 Å². The Morgan fingerprint density at radius 1 is 1.55 bits per heavy atom. The Balaban J connectivity index is 2.67. The SMILES string of the molecule is C=CC1(CC/C=C/C(=O)OC)CCCCC1C[N+](=O)[O-]. The van der Waals surface area contributed by atoms with Crippen LogP contribution in [-0.4, -0.2) is 24.5 Å². The number of carbonyl (C=O) groups is 1. The Hall–Kier alpha value is -1.65. The van der Waals surface area contributed by atoms with Crippen molar-refractivity contribution in [3.63, 3.8) is 0 Å². The van der Waals surface area contributed by atoms with Crippen molar-refractivity contribution in [1.82, 2.24) is 0 Å². The van der Waals surface area contributed by atoms with Crippen LogP contribution in [0.1, 0.15) is 38.5 Å². The normalized spacial score (nSPS) is 26.4. The quantitative estimate of drug-likeness (QED) is 0.236. The molecule has 0 spiro atoms. The average molecular weight is 281 g/mol. The Morgan fingerprint density at radius 2 is 2.30 bits per heavy atom. The first-order valence-electron chi connectivity index (χ1n) is 7.04. The third-order valence-electron chi connectivity index (χ3n) is 4.27. The van der Waals surface area contributed by atoms with Gasteiger partial charge in [0, 0.05) is 16.9 Å². The van der Waals surface area contributed by atoms with Crippen LogP contribution in [0.4, 0.5) is 0 Å². The van der Waals surface area contributed by atoms with Crippen LogP contribution in [0, 0.1) is 21.4 Å². The fraction of sp³-hybridized carbons (Fsp3) is 0.667. The highest BCUT2D eigenvalue weighted by molar-refractivity contribution is 5.81. The van der Waals surface area contributed by atoms with E-state index in [0.717, 1.165) is 32.1 Å². The summed E-state index contributed by atoms with van der Waals surface area (Å²) in [5.74, 6) is -0.321. The first kappa shape index (κ1) is 16.4. The number of allylic oxidation sites excluding steroid dienone is 2. The lowest BCUT2D eigenvalue weighted by Crippen LogP contribution is -2.36. The molecule has 0 aromatic heterocycles. The van der Waals surface area contributed by atoms with E-state index in [1.807, 2.05) is 6.08 Å². The molecule has 0 aromatic carbocycles. The molecule has 1 fully saturated rings. The summed E-state index contributed by atoms with van der Waals surface area (Å²) >= 11 is 0. The van der Waals surface area contributed by atoms with Gasteiger partial charge in [-0.3, -0.25) is 10.1 Å². The van der Waals surface area contributed by atoms with Gasteiger partial charge in [-0.15, -0.1) is 6.58 Å². The molecule has 0 radical (unpaired) electrons. The second-order valence-corrected chi connectivity index (χ2v) is 5.36. The van der Waals surface area contributed by atoms with E-state index in [0.29, 0.717) is 6.42 Å². The van der Waals surface area contributed by atoms with Gasteiger partial charge in [0.2, 0.25) is 6.54 Å². The third kappa shape index (κ3) is 4.47. The van der Waals surface area contributed by atoms with Crippen LogP contribution in [0.2, 0.25) is 0 Å². The molecule has 0 bridgehead atoms. The van der Waals surface area contributed by atoms with Gasteiger partial charge in [-0.05, 0) is 31.1 Å². The van der Waals surface area contributed by atoms with Gasteiger partial charge < -0.3 is 4.74 Å². The lowest BCUT2D eigenvalue weighted by atomic mass is 9.64. The number of methoxy groups -OCH3 is 1. The Morgan fingerprint density at radius 3 is 2.90 bits per heavy atom. The van der Waals surface area contributed by atoms with Crippen LogP contribution >= 0.6 is 0 Å². The molecule has 0 aromatic rings. The van der Waals surface area contributed by atoms with Crippen LogP contribution in [0.5, 0.6) is 0 Å². The second-order valence-electron chi connectivity index (χ2n) is 5.36. The minimum Gasteiger partial charge on any atom is -0.466 e. The van der Waals surface area contributed by atoms with Crippen molar-refractivity contribution in [2.75, 3.05) is 13.7 Å². The molecule has 0 N–H and O–H groups in total. The van der Waals surface area contributed by atoms with Crippen molar-refractivity contribution < 1.29 is 14.5 Å². The Bertz CT molecular complexity index is 391. The van der Waals surface area contributed by atoms with Gasteiger partial charge in [0.25, 0.3) is 0 Å². The second kappa shape index (κ2) is 7.82. The number of rotatable bonds is 7. The molecule has 0 saturated heterocycles. The smallest absolute Gasteiger partial charge is 0.330 e. The van der Waals surface area contributed by atoms with E-state index in [2.05, 4.69) is 11.3 Å². The maximum atomic E-state index is 11.0. The predicted molar refractivity (Wildman–Crippen MR) is 76.8 cm³/mol. The van der Waals surface area contributed by atoms with Gasteiger partial charge in [0.15, 0.2) is 0 Å². The molecular formula is C15H23NO4. The molecular weight excluding hydrogens is 258 g/mol. The van der Waals surface area contributed by atoms with Crippen molar-refractivity contribution in [2.45, 2.75) is 38.5 Å². The van der Waals surface area contributed by atoms with Crippen molar-refractivity contribution >= 4 is 5.97 Å². The topological polar surface area (TPSA) is 69.4 Å². The van der Waals surface area contributed by atoms with E-state index in [9.17, 15) is 14.9 Å². The minimum atomic E-state index is -0.372. The van der Waals surface area contributed by atoms with Crippen LogP contribution in [-0.2, 0) is 9.53 Å². The molecule has 20 heavy (non-hydrogen) atoms. The van der Waals surface area contributed by atoms with Gasteiger partial charge in [-0.1, -0.05) is 25.0 Å². The van der Waals surface area contributed by atoms with Gasteiger partial charge >= 0.3 is 5.97 Å². The van der Waals surface area contributed by atoms with E-state index in [4.69, 9.17) is 0 Å². The highest BCUT2D eigenvalue weighted by Crippen LogP contribution is 2.45. The van der Waals surface area contributed by atoms with Crippen molar-refractivity contribution in [1.29, 1.82) is 0 Å². The maximum Gasteiger partial charge on any atom is 0.330 e. The fourth-order valence-electron chi connectivity index (χ4n) is 3.09. The zero-order chi connectivity index (χ0) is 15.0. The largest absolute Gasteiger partial charge is 0.466 e. The maximum absolute atomic E-state index is 11.0. The van der Waals surface area contributed by atoms with E-state index >= 15 is 0 Å². The lowest BCUT2D eigenvalue weighted by Gasteiger charge is -2.40. The highest BCUT2D eigenvalue weighted by Gasteiger charge is 2.40. The number of hydrogen-bond acceptors (Lipinski definition) is 4. The van der Waals surface area contributed by atoms with Gasteiger partial charge in [-0.25, -0.2) is 4.79 Å². The van der Waals surface area contributed by atoms with Crippen LogP contribution in [0.3, 0.4) is 0 Å². The van der Waals surface area contributed by atoms with Crippen molar-refractivity contribution in [3.05, 3.63) is 34.9 Å². The molecule has 1 rings (SSSR count). The van der Waals surface area contributed by atoms with Crippen LogP contribution in [0.15, 0.2) is 24.8 Å². The van der Waals surface area contributed by atoms with Crippen molar-refractivity contribution in [3.8, 4) is 0 Å². The zero-order valence-electron chi connectivity index (χ0n) is 12.0. The molecule has 5 heteroatoms. The van der Waals surface area contributed by atoms with E-state index in [1.54, 1.807) is 6.08 Å². The molecule has 0 aliphatic heterocycles. The average Bonchev–Trinajstić information content (AvgIpc) is 2.44. The number of esters is 1. The molecule has 2 unspecified atom stereocenters. The van der Waals surface area contributed by atoms with Crippen LogP contribution in [0.25, 0.3) is 0 Å². The molecule has 1 aliphatic rings. The number of nitro groups is 1. The van der Waals surface area contributed by atoms with E-state index in [1.165, 1.54) is 13.2 Å².